The number of hydrogen-bond acceptors (Lipinski definition) is 4. The number of aromatic nitrogens is 2. The lowest BCUT2D eigenvalue weighted by molar-refractivity contribution is 0.134. The van der Waals surface area contributed by atoms with E-state index in [0.29, 0.717) is 18.9 Å². The Morgan fingerprint density at radius 2 is 2.06 bits per heavy atom. The third-order valence-electron chi connectivity index (χ3n) is 2.79. The summed E-state index contributed by atoms with van der Waals surface area (Å²) in [4.78, 5) is 19.9. The summed E-state index contributed by atoms with van der Waals surface area (Å²) in [6.07, 6.45) is 0.582. The van der Waals surface area contributed by atoms with Crippen molar-refractivity contribution in [2.75, 3.05) is 18.4 Å². The first-order valence-corrected chi connectivity index (χ1v) is 6.24. The van der Waals surface area contributed by atoms with Crippen LogP contribution in [0.4, 0.5) is 10.6 Å². The van der Waals surface area contributed by atoms with Crippen LogP contribution in [0.3, 0.4) is 0 Å². The maximum Gasteiger partial charge on any atom is 0.407 e. The summed E-state index contributed by atoms with van der Waals surface area (Å²) in [6, 6.07) is 1.76. The minimum absolute atomic E-state index is 0.0907. The largest absolute Gasteiger partial charge is 0.465 e. The number of anilines is 1. The van der Waals surface area contributed by atoms with Gasteiger partial charge in [-0.2, -0.15) is 0 Å². The molecular weight excluding hydrogens is 279 g/mol. The third-order valence-corrected chi connectivity index (χ3v) is 3.15. The minimum Gasteiger partial charge on any atom is -0.465 e. The Morgan fingerprint density at radius 3 is 2.61 bits per heavy atom. The van der Waals surface area contributed by atoms with Crippen molar-refractivity contribution >= 4 is 35.1 Å². The Hall–Kier alpha value is -1.27. The molecule has 1 fully saturated rings. The first-order valence-electron chi connectivity index (χ1n) is 5.49. The number of likely N-dealkylation sites (tertiary alicyclic amines) is 1. The Bertz CT molecular complexity index is 429. The van der Waals surface area contributed by atoms with Gasteiger partial charge in [-0.3, -0.25) is 0 Å². The highest BCUT2D eigenvalue weighted by Crippen LogP contribution is 2.19. The van der Waals surface area contributed by atoms with Crippen LogP contribution in [0, 0.1) is 0 Å². The summed E-state index contributed by atoms with van der Waals surface area (Å²) in [5.74, 6) is 0.564. The number of nitrogens with zero attached hydrogens (tertiary/aromatic N) is 3. The predicted molar refractivity (Wildman–Crippen MR) is 68.3 cm³/mol. The second-order valence-electron chi connectivity index (χ2n) is 4.03. The molecule has 0 aromatic carbocycles. The van der Waals surface area contributed by atoms with Crippen LogP contribution in [0.1, 0.15) is 12.8 Å². The first kappa shape index (κ1) is 13.2. The zero-order valence-electron chi connectivity index (χ0n) is 9.44. The zero-order chi connectivity index (χ0) is 13.1. The molecule has 98 valence electrons. The second-order valence-corrected chi connectivity index (χ2v) is 4.76. The molecule has 0 unspecified atom stereocenters. The van der Waals surface area contributed by atoms with Crippen molar-refractivity contribution < 1.29 is 9.90 Å². The lowest BCUT2D eigenvalue weighted by atomic mass is 10.1. The van der Waals surface area contributed by atoms with Crippen molar-refractivity contribution in [3.8, 4) is 0 Å². The summed E-state index contributed by atoms with van der Waals surface area (Å²) < 4.78 is 0. The van der Waals surface area contributed by atoms with E-state index in [1.54, 1.807) is 6.07 Å². The zero-order valence-corrected chi connectivity index (χ0v) is 10.9. The van der Waals surface area contributed by atoms with Crippen LogP contribution < -0.4 is 5.32 Å². The molecule has 2 rings (SSSR count). The molecule has 0 radical (unpaired) electrons. The molecule has 0 aliphatic carbocycles. The van der Waals surface area contributed by atoms with Gasteiger partial charge in [-0.05, 0) is 24.4 Å². The van der Waals surface area contributed by atoms with E-state index in [2.05, 4.69) is 15.3 Å². The topological polar surface area (TPSA) is 78.4 Å². The van der Waals surface area contributed by atoms with Crippen molar-refractivity contribution in [2.24, 2.45) is 0 Å². The van der Waals surface area contributed by atoms with Gasteiger partial charge >= 0.3 is 6.09 Å². The second kappa shape index (κ2) is 5.58. The van der Waals surface area contributed by atoms with Crippen molar-refractivity contribution in [3.63, 3.8) is 0 Å². The van der Waals surface area contributed by atoms with E-state index in [1.165, 1.54) is 4.90 Å². The lowest BCUT2D eigenvalue weighted by Gasteiger charge is -2.30. The summed E-state index contributed by atoms with van der Waals surface area (Å²) in [7, 11) is 0. The quantitative estimate of drug-likeness (QED) is 0.646. The number of halogens is 2. The fourth-order valence-corrected chi connectivity index (χ4v) is 2.30. The van der Waals surface area contributed by atoms with Crippen molar-refractivity contribution in [1.29, 1.82) is 0 Å². The molecule has 1 saturated heterocycles. The monoisotopic (exact) mass is 290 g/mol. The van der Waals surface area contributed by atoms with Crippen molar-refractivity contribution in [3.05, 3.63) is 16.5 Å². The molecule has 0 saturated carbocycles. The van der Waals surface area contributed by atoms with Crippen LogP contribution in [-0.4, -0.2) is 45.2 Å². The van der Waals surface area contributed by atoms with E-state index >= 15 is 0 Å². The van der Waals surface area contributed by atoms with Gasteiger partial charge in [-0.15, -0.1) is 0 Å². The molecule has 2 heterocycles. The number of carboxylic acid groups (broad SMARTS) is 1. The molecule has 0 bridgehead atoms. The summed E-state index contributed by atoms with van der Waals surface area (Å²) >= 11 is 11.5. The van der Waals surface area contributed by atoms with Gasteiger partial charge in [0.2, 0.25) is 5.28 Å². The van der Waals surface area contributed by atoms with Gasteiger partial charge in [0.15, 0.2) is 0 Å². The predicted octanol–water partition coefficient (Wildman–Crippen LogP) is 2.34. The Morgan fingerprint density at radius 1 is 1.39 bits per heavy atom. The van der Waals surface area contributed by atoms with Gasteiger partial charge < -0.3 is 15.3 Å². The van der Waals surface area contributed by atoms with Gasteiger partial charge in [0.05, 0.1) is 0 Å². The van der Waals surface area contributed by atoms with E-state index in [9.17, 15) is 4.79 Å². The van der Waals surface area contributed by atoms with Crippen molar-refractivity contribution in [1.82, 2.24) is 14.9 Å². The Balaban J connectivity index is 1.93. The third kappa shape index (κ3) is 3.36. The van der Waals surface area contributed by atoms with Gasteiger partial charge in [-0.25, -0.2) is 14.8 Å². The average molecular weight is 291 g/mol. The highest BCUT2D eigenvalue weighted by molar-refractivity contribution is 6.32. The SMILES string of the molecule is O=C(O)N1CCC(Nc2cc(Cl)nc(Cl)n2)CC1. The lowest BCUT2D eigenvalue weighted by Crippen LogP contribution is -2.41. The number of piperidine rings is 1. The number of carbonyl (C=O) groups is 1. The first-order chi connectivity index (χ1) is 8.54. The Kier molecular flexibility index (Phi) is 4.08. The van der Waals surface area contributed by atoms with E-state index in [0.717, 1.165) is 12.8 Å². The smallest absolute Gasteiger partial charge is 0.407 e. The Labute approximate surface area is 114 Å². The minimum atomic E-state index is -0.874. The molecule has 1 aromatic rings. The maximum atomic E-state index is 10.8. The molecule has 18 heavy (non-hydrogen) atoms. The van der Waals surface area contributed by atoms with Gasteiger partial charge in [0.25, 0.3) is 0 Å². The molecular formula is C10H12Cl2N4O2. The van der Waals surface area contributed by atoms with E-state index in [-0.39, 0.29) is 16.5 Å². The van der Waals surface area contributed by atoms with Crippen LogP contribution >= 0.6 is 23.2 Å². The fraction of sp³-hybridized carbons (Fsp3) is 0.500. The summed E-state index contributed by atoms with van der Waals surface area (Å²) in [5.41, 5.74) is 0. The normalized spacial score (nSPS) is 16.7. The molecule has 0 spiro atoms. The molecule has 2 N–H and O–H groups in total. The highest BCUT2D eigenvalue weighted by Gasteiger charge is 2.22. The van der Waals surface area contributed by atoms with Gasteiger partial charge in [-0.1, -0.05) is 11.6 Å². The molecule has 0 atom stereocenters. The van der Waals surface area contributed by atoms with E-state index in [4.69, 9.17) is 28.3 Å². The van der Waals surface area contributed by atoms with Crippen LogP contribution in [0.25, 0.3) is 0 Å². The average Bonchev–Trinajstić information content (AvgIpc) is 2.28. The molecule has 1 aliphatic heterocycles. The molecule has 1 aliphatic rings. The summed E-state index contributed by atoms with van der Waals surface area (Å²) in [6.45, 7) is 1.03. The maximum absolute atomic E-state index is 10.8. The van der Waals surface area contributed by atoms with Crippen molar-refractivity contribution in [2.45, 2.75) is 18.9 Å². The van der Waals surface area contributed by atoms with Crippen LogP contribution in [0.2, 0.25) is 10.4 Å². The fourth-order valence-electron chi connectivity index (χ4n) is 1.89. The molecule has 1 aromatic heterocycles. The number of nitrogens with one attached hydrogen (secondary N) is 1. The number of amides is 1. The highest BCUT2D eigenvalue weighted by atomic mass is 35.5. The number of hydrogen-bond donors (Lipinski definition) is 2. The van der Waals surface area contributed by atoms with E-state index < -0.39 is 6.09 Å². The van der Waals surface area contributed by atoms with Gasteiger partial charge in [0.1, 0.15) is 11.0 Å². The molecule has 6 nitrogen and oxygen atoms in total. The number of rotatable bonds is 2. The van der Waals surface area contributed by atoms with Gasteiger partial charge in [0, 0.05) is 25.2 Å². The van der Waals surface area contributed by atoms with Crippen LogP contribution in [-0.2, 0) is 0 Å². The van der Waals surface area contributed by atoms with Crippen LogP contribution in [0.5, 0.6) is 0 Å². The summed E-state index contributed by atoms with van der Waals surface area (Å²) in [5, 5.41) is 12.4. The molecule has 8 heteroatoms. The van der Waals surface area contributed by atoms with Crippen LogP contribution in [0.15, 0.2) is 6.07 Å². The van der Waals surface area contributed by atoms with E-state index in [1.807, 2.05) is 0 Å². The standard InChI is InChI=1S/C10H12Cl2N4O2/c11-7-5-8(15-9(12)14-7)13-6-1-3-16(4-2-6)10(17)18/h5-6H,1-4H2,(H,17,18)(H,13,14,15). The molecule has 1 amide bonds.